The Hall–Kier alpha value is -2.61. The molecule has 35 heavy (non-hydrogen) atoms. The Bertz CT molecular complexity index is 1140. The Labute approximate surface area is 215 Å². The van der Waals surface area contributed by atoms with Gasteiger partial charge in [0.2, 0.25) is 5.91 Å². The number of amides is 1. The Kier molecular flexibility index (Phi) is 9.95. The zero-order chi connectivity index (χ0) is 25.4. The van der Waals surface area contributed by atoms with Gasteiger partial charge in [0.1, 0.15) is 5.75 Å². The van der Waals surface area contributed by atoms with Gasteiger partial charge in [-0.1, -0.05) is 59.6 Å². The summed E-state index contributed by atoms with van der Waals surface area (Å²) in [5.74, 6) is -0.116. The van der Waals surface area contributed by atoms with Gasteiger partial charge in [0.05, 0.1) is 19.1 Å². The van der Waals surface area contributed by atoms with Crippen molar-refractivity contribution in [3.8, 4) is 5.75 Å². The highest BCUT2D eigenvalue weighted by atomic mass is 35.5. The lowest BCUT2D eigenvalue weighted by atomic mass is 10.0. The molecule has 5 N–H and O–H groups in total. The van der Waals surface area contributed by atoms with Crippen LogP contribution in [0.25, 0.3) is 0 Å². The molecule has 0 saturated heterocycles. The molecular formula is C27H30Cl2N2O4. The second kappa shape index (κ2) is 12.9. The Balaban J connectivity index is 1.49. The number of rotatable bonds is 11. The summed E-state index contributed by atoms with van der Waals surface area (Å²) in [7, 11) is 0. The largest absolute Gasteiger partial charge is 0.508 e. The first-order chi connectivity index (χ1) is 16.8. The summed E-state index contributed by atoms with van der Waals surface area (Å²) in [6.45, 7) is 2.32. The molecule has 0 spiro atoms. The SMILES string of the molecule is C[C@H](Cc1cccc(CC(=O)NCc2c(Cl)cccc2Cl)c1)NC[C@@H](O)c1ccc(O)c(CO)c1. The highest BCUT2D eigenvalue weighted by molar-refractivity contribution is 6.36. The number of halogens is 2. The fraction of sp³-hybridized carbons (Fsp3) is 0.296. The smallest absolute Gasteiger partial charge is 0.224 e. The molecule has 3 rings (SSSR count). The van der Waals surface area contributed by atoms with Crippen LogP contribution < -0.4 is 10.6 Å². The van der Waals surface area contributed by atoms with Crippen molar-refractivity contribution in [1.29, 1.82) is 0 Å². The number of benzene rings is 3. The van der Waals surface area contributed by atoms with E-state index in [1.807, 2.05) is 31.2 Å². The van der Waals surface area contributed by atoms with Crippen LogP contribution in [-0.2, 0) is 30.8 Å². The molecule has 3 aromatic rings. The maximum Gasteiger partial charge on any atom is 0.224 e. The molecule has 6 nitrogen and oxygen atoms in total. The summed E-state index contributed by atoms with van der Waals surface area (Å²) in [6.07, 6.45) is 0.185. The van der Waals surface area contributed by atoms with Gasteiger partial charge in [0, 0.05) is 40.3 Å². The van der Waals surface area contributed by atoms with E-state index in [-0.39, 0.29) is 37.3 Å². The molecule has 2 atom stereocenters. The molecule has 1 amide bonds. The molecule has 0 radical (unpaired) electrons. The third-order valence-electron chi connectivity index (χ3n) is 5.74. The van der Waals surface area contributed by atoms with Crippen LogP contribution in [0.1, 0.15) is 40.8 Å². The third-order valence-corrected chi connectivity index (χ3v) is 6.45. The summed E-state index contributed by atoms with van der Waals surface area (Å²) >= 11 is 12.3. The number of aliphatic hydroxyl groups excluding tert-OH is 2. The predicted molar refractivity (Wildman–Crippen MR) is 139 cm³/mol. The minimum atomic E-state index is -0.773. The highest BCUT2D eigenvalue weighted by Gasteiger charge is 2.13. The minimum absolute atomic E-state index is 0.00556. The van der Waals surface area contributed by atoms with Crippen molar-refractivity contribution in [2.75, 3.05) is 6.54 Å². The molecule has 0 bridgehead atoms. The number of aromatic hydroxyl groups is 1. The Morgan fingerprint density at radius 3 is 2.40 bits per heavy atom. The van der Waals surface area contributed by atoms with Crippen LogP contribution in [0.4, 0.5) is 0 Å². The van der Waals surface area contributed by atoms with E-state index >= 15 is 0 Å². The van der Waals surface area contributed by atoms with Gasteiger partial charge in [-0.3, -0.25) is 4.79 Å². The number of carbonyl (C=O) groups excluding carboxylic acids is 1. The van der Waals surface area contributed by atoms with Crippen LogP contribution in [0.2, 0.25) is 10.0 Å². The van der Waals surface area contributed by atoms with Gasteiger partial charge in [-0.2, -0.15) is 0 Å². The third kappa shape index (κ3) is 7.95. The number of hydrogen-bond acceptors (Lipinski definition) is 5. The first-order valence-corrected chi connectivity index (χ1v) is 12.1. The van der Waals surface area contributed by atoms with Gasteiger partial charge >= 0.3 is 0 Å². The van der Waals surface area contributed by atoms with Crippen molar-refractivity contribution in [2.45, 2.75) is 45.1 Å². The molecule has 0 unspecified atom stereocenters. The number of carbonyl (C=O) groups is 1. The maximum absolute atomic E-state index is 12.5. The van der Waals surface area contributed by atoms with Gasteiger partial charge < -0.3 is 26.0 Å². The molecule has 0 aliphatic rings. The lowest BCUT2D eigenvalue weighted by molar-refractivity contribution is -0.120. The van der Waals surface area contributed by atoms with Gasteiger partial charge in [-0.15, -0.1) is 0 Å². The van der Waals surface area contributed by atoms with E-state index in [9.17, 15) is 20.1 Å². The molecule has 0 saturated carbocycles. The quantitative estimate of drug-likeness (QED) is 0.261. The average molecular weight is 517 g/mol. The molecule has 0 aliphatic heterocycles. The van der Waals surface area contributed by atoms with Gasteiger partial charge in [-0.25, -0.2) is 0 Å². The van der Waals surface area contributed by atoms with Crippen molar-refractivity contribution >= 4 is 29.1 Å². The first-order valence-electron chi connectivity index (χ1n) is 11.4. The van der Waals surface area contributed by atoms with Gasteiger partial charge in [-0.05, 0) is 54.3 Å². The zero-order valence-corrected chi connectivity index (χ0v) is 21.0. The highest BCUT2D eigenvalue weighted by Crippen LogP contribution is 2.24. The monoisotopic (exact) mass is 516 g/mol. The van der Waals surface area contributed by atoms with Crippen molar-refractivity contribution in [3.63, 3.8) is 0 Å². The molecule has 0 aromatic heterocycles. The summed E-state index contributed by atoms with van der Waals surface area (Å²) in [6, 6.07) is 17.9. The standard InChI is InChI=1S/C27H30Cl2N2O4/c1-17(30-15-26(34)20-8-9-25(33)21(13-20)16-32)10-18-4-2-5-19(11-18)12-27(35)31-14-22-23(28)6-3-7-24(22)29/h2-9,11,13,17,26,30,32-34H,10,12,14-16H2,1H3,(H,31,35)/t17-,26-/m1/s1. The van der Waals surface area contributed by atoms with Crippen LogP contribution >= 0.6 is 23.2 Å². The average Bonchev–Trinajstić information content (AvgIpc) is 2.82. The van der Waals surface area contributed by atoms with E-state index < -0.39 is 6.10 Å². The second-order valence-corrected chi connectivity index (χ2v) is 9.36. The van der Waals surface area contributed by atoms with E-state index in [1.54, 1.807) is 30.3 Å². The lowest BCUT2D eigenvalue weighted by Gasteiger charge is -2.18. The van der Waals surface area contributed by atoms with E-state index in [0.717, 1.165) is 17.5 Å². The van der Waals surface area contributed by atoms with Gasteiger partial charge in [0.15, 0.2) is 0 Å². The fourth-order valence-electron chi connectivity index (χ4n) is 3.80. The molecular weight excluding hydrogens is 487 g/mol. The Morgan fingerprint density at radius 2 is 1.69 bits per heavy atom. The lowest BCUT2D eigenvalue weighted by Crippen LogP contribution is -2.32. The van der Waals surface area contributed by atoms with E-state index in [2.05, 4.69) is 10.6 Å². The molecule has 3 aromatic carbocycles. The van der Waals surface area contributed by atoms with Crippen molar-refractivity contribution in [3.05, 3.63) is 98.5 Å². The molecule has 0 heterocycles. The fourth-order valence-corrected chi connectivity index (χ4v) is 4.33. The molecule has 186 valence electrons. The number of hydrogen-bond donors (Lipinski definition) is 5. The van der Waals surface area contributed by atoms with E-state index in [0.29, 0.717) is 33.3 Å². The Morgan fingerprint density at radius 1 is 1.00 bits per heavy atom. The minimum Gasteiger partial charge on any atom is -0.508 e. The molecule has 8 heteroatoms. The van der Waals surface area contributed by atoms with Crippen LogP contribution in [-0.4, -0.2) is 33.8 Å². The summed E-state index contributed by atoms with van der Waals surface area (Å²) in [5, 5.41) is 36.7. The second-order valence-electron chi connectivity index (χ2n) is 8.55. The molecule has 0 fully saturated rings. The van der Waals surface area contributed by atoms with Crippen molar-refractivity contribution in [1.82, 2.24) is 10.6 Å². The van der Waals surface area contributed by atoms with Crippen LogP contribution in [0.15, 0.2) is 60.7 Å². The summed E-state index contributed by atoms with van der Waals surface area (Å²) in [4.78, 5) is 12.5. The number of aliphatic hydroxyl groups is 2. The predicted octanol–water partition coefficient (Wildman–Crippen LogP) is 4.30. The topological polar surface area (TPSA) is 102 Å². The first kappa shape index (κ1) is 27.0. The summed E-state index contributed by atoms with van der Waals surface area (Å²) < 4.78 is 0. The maximum atomic E-state index is 12.5. The zero-order valence-electron chi connectivity index (χ0n) is 19.5. The summed E-state index contributed by atoms with van der Waals surface area (Å²) in [5.41, 5.74) is 3.67. The van der Waals surface area contributed by atoms with E-state index in [1.165, 1.54) is 6.07 Å². The number of nitrogens with one attached hydrogen (secondary N) is 2. The molecule has 0 aliphatic carbocycles. The van der Waals surface area contributed by atoms with E-state index in [4.69, 9.17) is 23.2 Å². The van der Waals surface area contributed by atoms with Gasteiger partial charge in [0.25, 0.3) is 0 Å². The van der Waals surface area contributed by atoms with Crippen LogP contribution in [0.5, 0.6) is 5.75 Å². The van der Waals surface area contributed by atoms with Crippen molar-refractivity contribution in [2.24, 2.45) is 0 Å². The van der Waals surface area contributed by atoms with Crippen LogP contribution in [0, 0.1) is 0 Å². The number of phenols is 1. The van der Waals surface area contributed by atoms with Crippen molar-refractivity contribution < 1.29 is 20.1 Å². The van der Waals surface area contributed by atoms with Crippen LogP contribution in [0.3, 0.4) is 0 Å². The normalized spacial score (nSPS) is 12.8.